The van der Waals surface area contributed by atoms with Gasteiger partial charge in [-0.25, -0.2) is 4.39 Å². The number of Topliss-reactive ketones (excluding diaryl/α,β-unsaturated/α-hetero) is 1. The van der Waals surface area contributed by atoms with Crippen molar-refractivity contribution in [1.82, 2.24) is 9.47 Å². The van der Waals surface area contributed by atoms with Gasteiger partial charge in [-0.1, -0.05) is 36.1 Å². The highest BCUT2D eigenvalue weighted by molar-refractivity contribution is 8.26. The van der Waals surface area contributed by atoms with Crippen molar-refractivity contribution in [3.05, 3.63) is 67.6 Å². The van der Waals surface area contributed by atoms with Crippen molar-refractivity contribution < 1.29 is 23.8 Å². The average Bonchev–Trinajstić information content (AvgIpc) is 3.45. The summed E-state index contributed by atoms with van der Waals surface area (Å²) in [5.74, 6) is -1.82. The minimum Gasteiger partial charge on any atom is -0.494 e. The maximum absolute atomic E-state index is 13.2. The highest BCUT2D eigenvalue weighted by atomic mass is 32.2. The number of thioether (sulfide) groups is 1. The molecule has 1 unspecified atom stereocenters. The zero-order valence-corrected chi connectivity index (χ0v) is 21.0. The summed E-state index contributed by atoms with van der Waals surface area (Å²) in [5.41, 5.74) is -0.304. The zero-order chi connectivity index (χ0) is 26.0. The Morgan fingerprint density at radius 2 is 2.08 bits per heavy atom. The van der Waals surface area contributed by atoms with Gasteiger partial charge in [0.1, 0.15) is 21.8 Å². The van der Waals surface area contributed by atoms with E-state index in [4.69, 9.17) is 17.0 Å². The van der Waals surface area contributed by atoms with Crippen LogP contribution in [0.1, 0.15) is 46.3 Å². The molecule has 2 aliphatic heterocycles. The Hall–Kier alpha value is -3.33. The number of rotatable bonds is 7. The van der Waals surface area contributed by atoms with E-state index in [9.17, 15) is 29.1 Å². The molecule has 8 nitrogen and oxygen atoms in total. The van der Waals surface area contributed by atoms with E-state index in [1.165, 1.54) is 36.1 Å². The lowest BCUT2D eigenvalue weighted by molar-refractivity contribution is -0.122. The van der Waals surface area contributed by atoms with E-state index in [0.29, 0.717) is 23.5 Å². The molecule has 0 spiro atoms. The molecule has 0 saturated carbocycles. The van der Waals surface area contributed by atoms with Gasteiger partial charge in [-0.2, -0.15) is 5.26 Å². The van der Waals surface area contributed by atoms with E-state index in [0.717, 1.165) is 22.7 Å². The highest BCUT2D eigenvalue weighted by Gasteiger charge is 2.33. The molecule has 0 aliphatic carbocycles. The number of aromatic nitrogens is 1. The first-order valence-corrected chi connectivity index (χ1v) is 12.5. The van der Waals surface area contributed by atoms with Crippen LogP contribution in [0.5, 0.6) is 5.88 Å². The molecular formula is C25H22FN3O5S2. The third-order valence-electron chi connectivity index (χ3n) is 6.09. The van der Waals surface area contributed by atoms with Crippen molar-refractivity contribution in [2.75, 3.05) is 13.2 Å². The molecule has 1 amide bonds. The topological polar surface area (TPSA) is 113 Å². The Labute approximate surface area is 216 Å². The summed E-state index contributed by atoms with van der Waals surface area (Å²) in [6, 6.07) is 7.48. The van der Waals surface area contributed by atoms with Crippen LogP contribution in [-0.2, 0) is 16.1 Å². The lowest BCUT2D eigenvalue weighted by atomic mass is 9.99. The summed E-state index contributed by atoms with van der Waals surface area (Å²) in [4.78, 5) is 40.5. The van der Waals surface area contributed by atoms with Gasteiger partial charge in [-0.3, -0.25) is 23.9 Å². The number of hydrogen-bond donors (Lipinski definition) is 1. The van der Waals surface area contributed by atoms with E-state index >= 15 is 0 Å². The van der Waals surface area contributed by atoms with Crippen LogP contribution in [0.25, 0.3) is 6.08 Å². The second-order valence-electron chi connectivity index (χ2n) is 8.42. The van der Waals surface area contributed by atoms with Gasteiger partial charge in [-0.15, -0.1) is 0 Å². The number of ether oxygens (including phenoxy) is 1. The number of halogens is 1. The molecule has 2 aliphatic rings. The molecule has 36 heavy (non-hydrogen) atoms. The van der Waals surface area contributed by atoms with Gasteiger partial charge in [-0.05, 0) is 49.1 Å². The van der Waals surface area contributed by atoms with Crippen molar-refractivity contribution in [3.63, 3.8) is 0 Å². The summed E-state index contributed by atoms with van der Waals surface area (Å²) in [6.45, 7) is 1.97. The van der Waals surface area contributed by atoms with Gasteiger partial charge >= 0.3 is 0 Å². The number of aromatic hydroxyl groups is 1. The van der Waals surface area contributed by atoms with Gasteiger partial charge < -0.3 is 9.84 Å². The number of nitriles is 1. The molecule has 1 atom stereocenters. The minimum atomic E-state index is -0.678. The normalized spacial score (nSPS) is 18.8. The van der Waals surface area contributed by atoms with E-state index < -0.39 is 23.0 Å². The summed E-state index contributed by atoms with van der Waals surface area (Å²) >= 11 is 6.39. The van der Waals surface area contributed by atoms with Crippen LogP contribution < -0.4 is 5.56 Å². The van der Waals surface area contributed by atoms with Gasteiger partial charge in [0.2, 0.25) is 5.88 Å². The third-order valence-corrected chi connectivity index (χ3v) is 7.47. The van der Waals surface area contributed by atoms with Crippen molar-refractivity contribution >= 4 is 46.1 Å². The molecule has 1 aromatic carbocycles. The van der Waals surface area contributed by atoms with Crippen molar-refractivity contribution in [1.29, 1.82) is 5.26 Å². The first-order valence-electron chi connectivity index (χ1n) is 11.2. The predicted octanol–water partition coefficient (Wildman–Crippen LogP) is 3.53. The second-order valence-corrected chi connectivity index (χ2v) is 10.1. The van der Waals surface area contributed by atoms with Crippen LogP contribution in [0.15, 0.2) is 34.0 Å². The maximum atomic E-state index is 13.2. The first kappa shape index (κ1) is 25.8. The van der Waals surface area contributed by atoms with E-state index in [1.54, 1.807) is 6.08 Å². The molecule has 1 aromatic heterocycles. The molecule has 3 heterocycles. The van der Waals surface area contributed by atoms with Crippen LogP contribution in [0.2, 0.25) is 0 Å². The quantitative estimate of drug-likeness (QED) is 0.331. The lowest BCUT2D eigenvalue weighted by Crippen LogP contribution is -2.32. The van der Waals surface area contributed by atoms with Gasteiger partial charge in [0.25, 0.3) is 11.5 Å². The SMILES string of the molecule is Cc1c(C(=O)CCN2C(=O)/C(=C/c3ccc(F)cc3)SC2=S)c(O)n(CC2CCCO2)c(=O)c1C#N. The van der Waals surface area contributed by atoms with Crippen molar-refractivity contribution in [2.45, 2.75) is 38.8 Å². The molecule has 2 saturated heterocycles. The Bertz CT molecular complexity index is 1370. The Kier molecular flexibility index (Phi) is 7.68. The fourth-order valence-corrected chi connectivity index (χ4v) is 5.50. The summed E-state index contributed by atoms with van der Waals surface area (Å²) in [6.07, 6.45) is 2.63. The average molecular weight is 528 g/mol. The van der Waals surface area contributed by atoms with Crippen LogP contribution in [-0.4, -0.2) is 49.8 Å². The number of ketones is 1. The third kappa shape index (κ3) is 5.11. The van der Waals surface area contributed by atoms with Gasteiger partial charge in [0.05, 0.1) is 23.1 Å². The van der Waals surface area contributed by atoms with E-state index in [-0.39, 0.29) is 52.5 Å². The number of thiocarbonyl (C=S) groups is 1. The Balaban J connectivity index is 1.54. The standard InChI is InChI=1S/C25H22FN3O5S2/c1-14-18(12-27)22(31)29(13-17-3-2-10-34-17)24(33)21(14)19(30)8-9-28-23(32)20(36-25(28)35)11-15-4-6-16(26)7-5-15/h4-7,11,17,33H,2-3,8-10,13H2,1H3/b20-11-. The summed E-state index contributed by atoms with van der Waals surface area (Å²) < 4.78 is 20.0. The number of benzene rings is 1. The lowest BCUT2D eigenvalue weighted by Gasteiger charge is -2.19. The number of pyridine rings is 1. The highest BCUT2D eigenvalue weighted by Crippen LogP contribution is 2.33. The molecule has 186 valence electrons. The van der Waals surface area contributed by atoms with Crippen LogP contribution in [0.4, 0.5) is 4.39 Å². The fraction of sp³-hybridized carbons (Fsp3) is 0.320. The molecule has 0 bridgehead atoms. The number of amides is 1. The van der Waals surface area contributed by atoms with E-state index in [1.807, 2.05) is 6.07 Å². The fourth-order valence-electron chi connectivity index (χ4n) is 4.19. The molecule has 2 aromatic rings. The second kappa shape index (κ2) is 10.7. The van der Waals surface area contributed by atoms with Crippen LogP contribution in [0.3, 0.4) is 0 Å². The van der Waals surface area contributed by atoms with E-state index in [2.05, 4.69) is 0 Å². The minimum absolute atomic E-state index is 0.0305. The number of carbonyl (C=O) groups is 2. The molecule has 11 heteroatoms. The van der Waals surface area contributed by atoms with Crippen molar-refractivity contribution in [3.8, 4) is 11.9 Å². The number of carbonyl (C=O) groups excluding carboxylic acids is 2. The summed E-state index contributed by atoms with van der Waals surface area (Å²) in [5, 5.41) is 20.4. The predicted molar refractivity (Wildman–Crippen MR) is 136 cm³/mol. The Morgan fingerprint density at radius 3 is 2.72 bits per heavy atom. The zero-order valence-electron chi connectivity index (χ0n) is 19.3. The maximum Gasteiger partial charge on any atom is 0.271 e. The van der Waals surface area contributed by atoms with Gasteiger partial charge in [0, 0.05) is 19.6 Å². The molecule has 4 rings (SSSR count). The smallest absolute Gasteiger partial charge is 0.271 e. The number of hydrogen-bond acceptors (Lipinski definition) is 8. The molecule has 2 fully saturated rings. The first-order chi connectivity index (χ1) is 17.2. The monoisotopic (exact) mass is 527 g/mol. The summed E-state index contributed by atoms with van der Waals surface area (Å²) in [7, 11) is 0. The molecule has 0 radical (unpaired) electrons. The van der Waals surface area contributed by atoms with Gasteiger partial charge in [0.15, 0.2) is 5.78 Å². The molecule has 1 N–H and O–H groups in total. The number of nitrogens with zero attached hydrogens (tertiary/aromatic N) is 3. The largest absolute Gasteiger partial charge is 0.494 e. The molecular weight excluding hydrogens is 505 g/mol. The van der Waals surface area contributed by atoms with Crippen LogP contribution in [0, 0.1) is 24.1 Å². The Morgan fingerprint density at radius 1 is 1.36 bits per heavy atom. The van der Waals surface area contributed by atoms with Crippen molar-refractivity contribution in [2.24, 2.45) is 0 Å². The van der Waals surface area contributed by atoms with Crippen LogP contribution >= 0.6 is 24.0 Å².